The number of hydrogen-bond donors (Lipinski definition) is 3. The van der Waals surface area contributed by atoms with Gasteiger partial charge in [-0.3, -0.25) is 9.78 Å². The zero-order valence-electron chi connectivity index (χ0n) is 28.3. The number of primary amides is 1. The van der Waals surface area contributed by atoms with Crippen LogP contribution in [0.15, 0.2) is 73.1 Å². The van der Waals surface area contributed by atoms with Crippen LogP contribution < -0.4 is 15.8 Å². The Morgan fingerprint density at radius 3 is 2.29 bits per heavy atom. The molecular weight excluding hydrogens is 692 g/mol. The molecule has 1 aliphatic carbocycles. The summed E-state index contributed by atoms with van der Waals surface area (Å²) in [5.41, 5.74) is 2.01. The number of nitrogens with zero attached hydrogens (tertiary/aromatic N) is 3. The van der Waals surface area contributed by atoms with Gasteiger partial charge < -0.3 is 15.8 Å². The number of carbonyl (C=O) groups excluding carboxylic acids is 2. The Kier molecular flexibility index (Phi) is 10.3. The summed E-state index contributed by atoms with van der Waals surface area (Å²) in [5.74, 6) is -1.67. The molecule has 1 fully saturated rings. The normalized spacial score (nSPS) is 15.5. The van der Waals surface area contributed by atoms with Crippen LogP contribution in [0.5, 0.6) is 0 Å². The summed E-state index contributed by atoms with van der Waals surface area (Å²) in [4.78, 5) is 29.5. The molecule has 11 nitrogen and oxygen atoms in total. The molecule has 0 aliphatic heterocycles. The van der Waals surface area contributed by atoms with Gasteiger partial charge in [0.15, 0.2) is 5.69 Å². The SMILES string of the molecule is CC(C)(C)C(OC(N)=O)c1cccc(-n2nc(C(F)(F)F)cc2C(=O)Nc2cc(C(CCC3CC3)(NS(C)(=O)=O)c3ccncc3)ccc2F)c1. The van der Waals surface area contributed by atoms with Gasteiger partial charge >= 0.3 is 12.3 Å². The maximum absolute atomic E-state index is 15.5. The first kappa shape index (κ1) is 37.4. The third-order valence-electron chi connectivity index (χ3n) is 8.54. The molecule has 5 rings (SSSR count). The number of hydrogen-bond acceptors (Lipinski definition) is 7. The lowest BCUT2D eigenvalue weighted by atomic mass is 9.79. The van der Waals surface area contributed by atoms with Gasteiger partial charge in [-0.2, -0.15) is 18.3 Å². The predicted octanol–water partition coefficient (Wildman–Crippen LogP) is 6.84. The molecule has 1 saturated carbocycles. The Bertz CT molecular complexity index is 2030. The second kappa shape index (κ2) is 14.1. The van der Waals surface area contributed by atoms with Crippen molar-refractivity contribution in [2.24, 2.45) is 17.1 Å². The van der Waals surface area contributed by atoms with E-state index in [-0.39, 0.29) is 11.3 Å². The number of alkyl halides is 3. The molecule has 0 bridgehead atoms. The van der Waals surface area contributed by atoms with Crippen LogP contribution in [0.2, 0.25) is 0 Å². The van der Waals surface area contributed by atoms with E-state index in [4.69, 9.17) is 10.5 Å². The fourth-order valence-corrected chi connectivity index (χ4v) is 7.01. The quantitative estimate of drug-likeness (QED) is 0.135. The van der Waals surface area contributed by atoms with Crippen LogP contribution in [0.4, 0.5) is 28.0 Å². The molecule has 2 heterocycles. The van der Waals surface area contributed by atoms with Crippen LogP contribution in [0, 0.1) is 17.2 Å². The lowest BCUT2D eigenvalue weighted by molar-refractivity contribution is -0.141. The Morgan fingerprint density at radius 1 is 1.02 bits per heavy atom. The van der Waals surface area contributed by atoms with Crippen molar-refractivity contribution in [2.75, 3.05) is 11.6 Å². The number of ether oxygens (including phenoxy) is 1. The van der Waals surface area contributed by atoms with Gasteiger partial charge in [0.25, 0.3) is 5.91 Å². The number of nitrogens with one attached hydrogen (secondary N) is 2. The Balaban J connectivity index is 1.58. The monoisotopic (exact) mass is 730 g/mol. The number of rotatable bonds is 12. The second-order valence-electron chi connectivity index (χ2n) is 13.7. The maximum Gasteiger partial charge on any atom is 0.435 e. The van der Waals surface area contributed by atoms with E-state index in [0.717, 1.165) is 29.8 Å². The third-order valence-corrected chi connectivity index (χ3v) is 9.25. The van der Waals surface area contributed by atoms with Crippen molar-refractivity contribution in [1.82, 2.24) is 19.5 Å². The Morgan fingerprint density at radius 2 is 1.71 bits per heavy atom. The second-order valence-corrected chi connectivity index (χ2v) is 15.5. The van der Waals surface area contributed by atoms with Crippen LogP contribution in [0.25, 0.3) is 5.69 Å². The predicted molar refractivity (Wildman–Crippen MR) is 181 cm³/mol. The maximum atomic E-state index is 15.5. The standard InChI is InChI=1S/C35H38F4N6O5S/c1-33(2,3)30(50-32(40)47)22-6-5-7-25(18-22)45-28(20-29(43-45)35(37,38)39)31(46)42-27-19-24(10-11-26(27)36)34(44-51(4,48)49,15-12-21-8-9-21)23-13-16-41-17-14-23/h5-7,10-11,13-14,16-21,30,44H,8-9,12,15H2,1-4H3,(H2,40,47)(H,42,46). The highest BCUT2D eigenvalue weighted by atomic mass is 32.2. The van der Waals surface area contributed by atoms with Gasteiger partial charge in [0.1, 0.15) is 17.6 Å². The van der Waals surface area contributed by atoms with Crippen LogP contribution in [-0.4, -0.2) is 41.4 Å². The molecule has 1 aliphatic rings. The summed E-state index contributed by atoms with van der Waals surface area (Å²) in [6, 6.07) is 13.4. The van der Waals surface area contributed by atoms with Crippen LogP contribution in [0.1, 0.15) is 85.4 Å². The zero-order chi connectivity index (χ0) is 37.4. The largest absolute Gasteiger partial charge is 0.441 e. The molecule has 2 amide bonds. The molecule has 51 heavy (non-hydrogen) atoms. The Hall–Kier alpha value is -4.83. The van der Waals surface area contributed by atoms with Crippen molar-refractivity contribution < 1.29 is 40.3 Å². The summed E-state index contributed by atoms with van der Waals surface area (Å²) in [6.07, 6.45) is -0.0182. The number of carbonyl (C=O) groups is 2. The summed E-state index contributed by atoms with van der Waals surface area (Å²) < 4.78 is 91.8. The highest BCUT2D eigenvalue weighted by Gasteiger charge is 2.40. The summed E-state index contributed by atoms with van der Waals surface area (Å²) in [6.45, 7) is 5.31. The first-order valence-electron chi connectivity index (χ1n) is 16.0. The lowest BCUT2D eigenvalue weighted by Crippen LogP contribution is -2.46. The van der Waals surface area contributed by atoms with Crippen molar-refractivity contribution in [3.63, 3.8) is 0 Å². The van der Waals surface area contributed by atoms with Crippen molar-refractivity contribution in [1.29, 1.82) is 0 Å². The number of halogens is 4. The molecule has 0 saturated heterocycles. The molecule has 4 N–H and O–H groups in total. The van der Waals surface area contributed by atoms with Gasteiger partial charge in [0, 0.05) is 23.9 Å². The first-order chi connectivity index (χ1) is 23.8. The molecule has 0 spiro atoms. The molecule has 0 radical (unpaired) electrons. The van der Waals surface area contributed by atoms with E-state index in [1.54, 1.807) is 39.0 Å². The van der Waals surface area contributed by atoms with E-state index in [0.29, 0.717) is 36.0 Å². The molecule has 2 atom stereocenters. The summed E-state index contributed by atoms with van der Waals surface area (Å²) >= 11 is 0. The number of aromatic nitrogens is 3. The van der Waals surface area contributed by atoms with Crippen molar-refractivity contribution in [3.8, 4) is 5.69 Å². The van der Waals surface area contributed by atoms with E-state index in [9.17, 15) is 31.2 Å². The Labute approximate surface area is 292 Å². The average molecular weight is 731 g/mol. The van der Waals surface area contributed by atoms with E-state index < -0.39 is 68.2 Å². The fourth-order valence-electron chi connectivity index (χ4n) is 6.04. The molecule has 16 heteroatoms. The summed E-state index contributed by atoms with van der Waals surface area (Å²) in [7, 11) is -3.87. The van der Waals surface area contributed by atoms with Crippen LogP contribution in [0.3, 0.4) is 0 Å². The van der Waals surface area contributed by atoms with E-state index >= 15 is 4.39 Å². The van der Waals surface area contributed by atoms with Crippen molar-refractivity contribution in [2.45, 2.75) is 64.3 Å². The van der Waals surface area contributed by atoms with Crippen molar-refractivity contribution in [3.05, 3.63) is 107 Å². The first-order valence-corrected chi connectivity index (χ1v) is 17.9. The highest BCUT2D eigenvalue weighted by Crippen LogP contribution is 2.42. The minimum atomic E-state index is -4.95. The van der Waals surface area contributed by atoms with E-state index in [2.05, 4.69) is 20.1 Å². The topological polar surface area (TPSA) is 158 Å². The average Bonchev–Trinajstić information content (AvgIpc) is 3.76. The van der Waals surface area contributed by atoms with Gasteiger partial charge in [-0.15, -0.1) is 0 Å². The number of pyridine rings is 1. The lowest BCUT2D eigenvalue weighted by Gasteiger charge is -2.36. The van der Waals surface area contributed by atoms with E-state index in [1.165, 1.54) is 42.7 Å². The molecule has 2 unspecified atom stereocenters. The van der Waals surface area contributed by atoms with Gasteiger partial charge in [-0.25, -0.2) is 27.0 Å². The van der Waals surface area contributed by atoms with Crippen molar-refractivity contribution >= 4 is 27.7 Å². The van der Waals surface area contributed by atoms with Gasteiger partial charge in [0.2, 0.25) is 10.0 Å². The van der Waals surface area contributed by atoms with Crippen LogP contribution in [-0.2, 0) is 26.5 Å². The third kappa shape index (κ3) is 8.92. The molecule has 4 aromatic rings. The number of amides is 2. The zero-order valence-corrected chi connectivity index (χ0v) is 29.1. The smallest absolute Gasteiger partial charge is 0.435 e. The minimum Gasteiger partial charge on any atom is -0.441 e. The summed E-state index contributed by atoms with van der Waals surface area (Å²) in [5, 5.41) is 6.04. The fraction of sp³-hybridized carbons (Fsp3) is 0.371. The minimum absolute atomic E-state index is 0.0128. The van der Waals surface area contributed by atoms with E-state index in [1.807, 2.05) is 0 Å². The van der Waals surface area contributed by atoms with Gasteiger partial charge in [-0.1, -0.05) is 51.8 Å². The van der Waals surface area contributed by atoms with Gasteiger partial charge in [0.05, 0.1) is 23.2 Å². The number of sulfonamides is 1. The molecular formula is C35H38F4N6O5S. The number of anilines is 1. The van der Waals surface area contributed by atoms with Gasteiger partial charge in [-0.05, 0) is 71.8 Å². The number of benzene rings is 2. The highest BCUT2D eigenvalue weighted by molar-refractivity contribution is 7.88. The molecule has 2 aromatic heterocycles. The number of nitrogens with two attached hydrogens (primary N) is 1. The van der Waals surface area contributed by atoms with Crippen LogP contribution >= 0.6 is 0 Å². The molecule has 272 valence electrons. The molecule has 2 aromatic carbocycles.